The van der Waals surface area contributed by atoms with Gasteiger partial charge in [-0.3, -0.25) is 9.52 Å². The van der Waals surface area contributed by atoms with Crippen LogP contribution in [0.25, 0.3) is 0 Å². The van der Waals surface area contributed by atoms with Crippen LogP contribution in [0.15, 0.2) is 47.4 Å². The number of amides is 1. The molecule has 9 heteroatoms. The molecule has 0 aliphatic rings. The number of hydrogen-bond acceptors (Lipinski definition) is 6. The summed E-state index contributed by atoms with van der Waals surface area (Å²) in [4.78, 5) is 13.3. The molecule has 0 aliphatic heterocycles. The molecule has 0 aliphatic carbocycles. The van der Waals surface area contributed by atoms with Gasteiger partial charge in [0.1, 0.15) is 16.4 Å². The minimum Gasteiger partial charge on any atom is -0.492 e. The molecule has 0 radical (unpaired) electrons. The highest BCUT2D eigenvalue weighted by atomic mass is 32.2. The molecule has 8 nitrogen and oxygen atoms in total. The molecule has 1 atom stereocenters. The number of aliphatic hydroxyl groups excluding tert-OH is 1. The minimum atomic E-state index is -4.06. The topological polar surface area (TPSA) is 114 Å². The van der Waals surface area contributed by atoms with Crippen molar-refractivity contribution in [1.29, 1.82) is 0 Å². The van der Waals surface area contributed by atoms with Gasteiger partial charge in [0.25, 0.3) is 15.9 Å². The van der Waals surface area contributed by atoms with Crippen LogP contribution in [-0.2, 0) is 20.2 Å². The standard InChI is InChI=1S/C44H74N2O6S/c1-8-10-12-14-16-17-18-20-27-40(42(48)45-30-21-22-31-47)52-38-26-24-25-37(34-38)46-53(49,50)41-33-36(44(6,7)35-43(3,4)5)28-29-39(41)51-32-23-19-15-13-11-9-2/h24-26,28-29,33-34,40,46-47H,8-23,27,30-32,35H2,1-7H3,(H,45,48). The van der Waals surface area contributed by atoms with Gasteiger partial charge in [-0.15, -0.1) is 0 Å². The number of unbranched alkanes of at least 4 members (excludes halogenated alkanes) is 13. The quantitative estimate of drug-likeness (QED) is 0.0712. The smallest absolute Gasteiger partial charge is 0.265 e. The predicted molar refractivity (Wildman–Crippen MR) is 221 cm³/mol. The number of carbonyl (C=O) groups is 1. The molecule has 2 aromatic rings. The number of rotatable bonds is 29. The first-order valence-corrected chi connectivity index (χ1v) is 22.2. The molecular weight excluding hydrogens is 685 g/mol. The van der Waals surface area contributed by atoms with Crippen molar-refractivity contribution in [1.82, 2.24) is 5.32 Å². The van der Waals surface area contributed by atoms with E-state index in [1.165, 1.54) is 51.4 Å². The van der Waals surface area contributed by atoms with Gasteiger partial charge in [0.05, 0.1) is 12.3 Å². The third-order valence-electron chi connectivity index (χ3n) is 9.60. The molecule has 2 rings (SSSR count). The number of aliphatic hydroxyl groups is 1. The van der Waals surface area contributed by atoms with Gasteiger partial charge >= 0.3 is 0 Å². The molecule has 0 fully saturated rings. The molecular formula is C44H74N2O6S. The summed E-state index contributed by atoms with van der Waals surface area (Å²) in [5.41, 5.74) is 1.07. The Hall–Kier alpha value is -2.78. The fraction of sp³-hybridized carbons (Fsp3) is 0.705. The normalized spacial score (nSPS) is 12.8. The number of nitrogens with one attached hydrogen (secondary N) is 2. The van der Waals surface area contributed by atoms with Gasteiger partial charge in [0.15, 0.2) is 6.10 Å². The van der Waals surface area contributed by atoms with Crippen LogP contribution >= 0.6 is 0 Å². The Balaban J connectivity index is 2.27. The van der Waals surface area contributed by atoms with Crippen molar-refractivity contribution in [2.75, 3.05) is 24.5 Å². The Morgan fingerprint density at radius 3 is 2.02 bits per heavy atom. The van der Waals surface area contributed by atoms with E-state index in [4.69, 9.17) is 14.6 Å². The number of hydrogen-bond donors (Lipinski definition) is 3. The highest BCUT2D eigenvalue weighted by Gasteiger charge is 2.30. The molecule has 302 valence electrons. The third kappa shape index (κ3) is 18.9. The molecule has 0 spiro atoms. The second-order valence-corrected chi connectivity index (χ2v) is 18.3. The zero-order chi connectivity index (χ0) is 39.2. The first-order valence-electron chi connectivity index (χ1n) is 20.7. The molecule has 0 heterocycles. The molecule has 0 saturated carbocycles. The average molecular weight is 759 g/mol. The molecule has 1 amide bonds. The maximum Gasteiger partial charge on any atom is 0.265 e. The molecule has 0 bridgehead atoms. The Morgan fingerprint density at radius 1 is 0.774 bits per heavy atom. The van der Waals surface area contributed by atoms with E-state index in [0.717, 1.165) is 50.5 Å². The fourth-order valence-corrected chi connectivity index (χ4v) is 8.25. The van der Waals surface area contributed by atoms with Crippen molar-refractivity contribution in [2.24, 2.45) is 5.41 Å². The first kappa shape index (κ1) is 46.4. The first-order chi connectivity index (χ1) is 25.2. The number of anilines is 1. The van der Waals surface area contributed by atoms with Gasteiger partial charge in [-0.1, -0.05) is 138 Å². The van der Waals surface area contributed by atoms with Crippen molar-refractivity contribution in [3.05, 3.63) is 48.0 Å². The minimum absolute atomic E-state index is 0.0522. The van der Waals surface area contributed by atoms with Gasteiger partial charge in [0, 0.05) is 19.2 Å². The van der Waals surface area contributed by atoms with Crippen molar-refractivity contribution in [3.63, 3.8) is 0 Å². The lowest BCUT2D eigenvalue weighted by atomic mass is 9.72. The van der Waals surface area contributed by atoms with Crippen LogP contribution in [0.1, 0.15) is 170 Å². The Kier molecular flexibility index (Phi) is 21.5. The van der Waals surface area contributed by atoms with E-state index < -0.39 is 16.1 Å². The van der Waals surface area contributed by atoms with Gasteiger partial charge in [-0.05, 0) is 79.2 Å². The lowest BCUT2D eigenvalue weighted by molar-refractivity contribution is -0.128. The van der Waals surface area contributed by atoms with Crippen LogP contribution in [0.2, 0.25) is 0 Å². The van der Waals surface area contributed by atoms with Crippen molar-refractivity contribution < 1.29 is 27.8 Å². The van der Waals surface area contributed by atoms with Crippen LogP contribution in [0.4, 0.5) is 5.69 Å². The maximum atomic E-state index is 14.2. The molecule has 0 saturated heterocycles. The number of sulfonamides is 1. The summed E-state index contributed by atoms with van der Waals surface area (Å²) in [7, 11) is -4.06. The molecule has 0 aromatic heterocycles. The van der Waals surface area contributed by atoms with Crippen molar-refractivity contribution in [3.8, 4) is 11.5 Å². The summed E-state index contributed by atoms with van der Waals surface area (Å²) in [6, 6.07) is 12.4. The average Bonchev–Trinajstić information content (AvgIpc) is 3.09. The van der Waals surface area contributed by atoms with E-state index in [1.807, 2.05) is 6.07 Å². The summed E-state index contributed by atoms with van der Waals surface area (Å²) in [5.74, 6) is 0.565. The summed E-state index contributed by atoms with van der Waals surface area (Å²) in [6.07, 6.45) is 17.9. The predicted octanol–water partition coefficient (Wildman–Crippen LogP) is 11.1. The Morgan fingerprint density at radius 2 is 1.40 bits per heavy atom. The van der Waals surface area contributed by atoms with Gasteiger partial charge in [-0.25, -0.2) is 8.42 Å². The summed E-state index contributed by atoms with van der Waals surface area (Å²) in [6.45, 7) is 16.3. The highest BCUT2D eigenvalue weighted by molar-refractivity contribution is 7.92. The van der Waals surface area contributed by atoms with Gasteiger partial charge in [-0.2, -0.15) is 0 Å². The SMILES string of the molecule is CCCCCCCCCCC(Oc1cccc(NS(=O)(=O)c2cc(C(C)(C)CC(C)(C)C)ccc2OCCCCCCCC)c1)C(=O)NCCCCO. The fourth-order valence-electron chi connectivity index (χ4n) is 7.03. The monoisotopic (exact) mass is 759 g/mol. The van der Waals surface area contributed by atoms with E-state index in [1.54, 1.807) is 36.4 Å². The highest BCUT2D eigenvalue weighted by Crippen LogP contribution is 2.39. The van der Waals surface area contributed by atoms with E-state index in [9.17, 15) is 13.2 Å². The van der Waals surface area contributed by atoms with Gasteiger partial charge < -0.3 is 19.9 Å². The second-order valence-electron chi connectivity index (χ2n) is 16.6. The molecule has 53 heavy (non-hydrogen) atoms. The van der Waals surface area contributed by atoms with Crippen LogP contribution in [0.5, 0.6) is 11.5 Å². The lowest BCUT2D eigenvalue weighted by Gasteiger charge is -2.33. The lowest BCUT2D eigenvalue weighted by Crippen LogP contribution is -2.39. The van der Waals surface area contributed by atoms with Crippen molar-refractivity contribution in [2.45, 2.75) is 180 Å². The van der Waals surface area contributed by atoms with Crippen LogP contribution < -0.4 is 19.5 Å². The Bertz CT molecular complexity index is 1420. The van der Waals surface area contributed by atoms with Crippen LogP contribution in [0.3, 0.4) is 0 Å². The van der Waals surface area contributed by atoms with Crippen LogP contribution in [-0.4, -0.2) is 45.3 Å². The Labute approximate surface area is 323 Å². The van der Waals surface area contributed by atoms with E-state index >= 15 is 0 Å². The van der Waals surface area contributed by atoms with E-state index in [2.05, 4.69) is 58.5 Å². The summed E-state index contributed by atoms with van der Waals surface area (Å²) < 4.78 is 43.6. The zero-order valence-corrected chi connectivity index (χ0v) is 35.2. The molecule has 3 N–H and O–H groups in total. The number of benzene rings is 2. The molecule has 1 unspecified atom stereocenters. The van der Waals surface area contributed by atoms with Gasteiger partial charge in [0.2, 0.25) is 0 Å². The number of ether oxygens (including phenoxy) is 2. The van der Waals surface area contributed by atoms with Crippen molar-refractivity contribution >= 4 is 21.6 Å². The largest absolute Gasteiger partial charge is 0.492 e. The summed E-state index contributed by atoms with van der Waals surface area (Å²) >= 11 is 0. The summed E-state index contributed by atoms with van der Waals surface area (Å²) in [5, 5.41) is 12.1. The zero-order valence-electron chi connectivity index (χ0n) is 34.4. The number of carbonyl (C=O) groups excluding carboxylic acids is 1. The van der Waals surface area contributed by atoms with E-state index in [0.29, 0.717) is 49.6 Å². The third-order valence-corrected chi connectivity index (χ3v) is 11.0. The van der Waals surface area contributed by atoms with Crippen LogP contribution in [0, 0.1) is 5.41 Å². The maximum absolute atomic E-state index is 14.2. The second kappa shape index (κ2) is 24.6. The molecule has 2 aromatic carbocycles. The van der Waals surface area contributed by atoms with E-state index in [-0.39, 0.29) is 28.2 Å².